The fourth-order valence-electron chi connectivity index (χ4n) is 2.70. The first kappa shape index (κ1) is 21.1. The number of benzene rings is 3. The molecule has 0 saturated carbocycles. The van der Waals surface area contributed by atoms with E-state index in [1.807, 2.05) is 6.07 Å². The monoisotopic (exact) mass is 449 g/mol. The van der Waals surface area contributed by atoms with E-state index in [4.69, 9.17) is 16.9 Å². The molecule has 0 saturated heterocycles. The van der Waals surface area contributed by atoms with Gasteiger partial charge in [-0.2, -0.15) is 5.26 Å². The van der Waals surface area contributed by atoms with Gasteiger partial charge in [-0.1, -0.05) is 48.0 Å². The Morgan fingerprint density at radius 2 is 1.66 bits per heavy atom. The largest absolute Gasteiger partial charge is 0.278 e. The van der Waals surface area contributed by atoms with Crippen LogP contribution in [-0.2, 0) is 20.0 Å². The second-order valence-corrected chi connectivity index (χ2v) is 9.86. The van der Waals surface area contributed by atoms with E-state index in [0.29, 0.717) is 5.39 Å². The van der Waals surface area contributed by atoms with E-state index in [1.54, 1.807) is 36.4 Å². The van der Waals surface area contributed by atoms with E-state index in [9.17, 15) is 16.8 Å². The van der Waals surface area contributed by atoms with Crippen LogP contribution in [0.25, 0.3) is 10.8 Å². The van der Waals surface area contributed by atoms with E-state index in [2.05, 4.69) is 9.44 Å². The van der Waals surface area contributed by atoms with Crippen LogP contribution < -0.4 is 9.44 Å². The topological polar surface area (TPSA) is 116 Å². The summed E-state index contributed by atoms with van der Waals surface area (Å²) in [6.45, 7) is -0.0570. The predicted octanol–water partition coefficient (Wildman–Crippen LogP) is 3.49. The van der Waals surface area contributed by atoms with Gasteiger partial charge in [0.05, 0.1) is 26.6 Å². The number of nitrogens with one attached hydrogen (secondary N) is 2. The molecule has 0 unspecified atom stereocenters. The van der Waals surface area contributed by atoms with Gasteiger partial charge >= 0.3 is 0 Å². The fraction of sp³-hybridized carbons (Fsp3) is 0.105. The Morgan fingerprint density at radius 3 is 2.41 bits per heavy atom. The van der Waals surface area contributed by atoms with Crippen LogP contribution >= 0.6 is 11.6 Å². The van der Waals surface area contributed by atoms with Crippen LogP contribution in [0.4, 0.5) is 5.69 Å². The lowest BCUT2D eigenvalue weighted by Crippen LogP contribution is -2.24. The lowest BCUT2D eigenvalue weighted by atomic mass is 10.1. The molecule has 0 heterocycles. The molecule has 3 rings (SSSR count). The normalized spacial score (nSPS) is 11.9. The maximum atomic E-state index is 13.0. The fourth-order valence-corrected chi connectivity index (χ4v) is 5.28. The molecule has 0 atom stereocenters. The van der Waals surface area contributed by atoms with Gasteiger partial charge in [-0.25, -0.2) is 21.6 Å². The number of halogens is 1. The zero-order valence-electron chi connectivity index (χ0n) is 15.0. The Balaban J connectivity index is 1.98. The van der Waals surface area contributed by atoms with Gasteiger partial charge in [0.15, 0.2) is 0 Å². The highest BCUT2D eigenvalue weighted by molar-refractivity contribution is 7.93. The number of nitrogens with zero attached hydrogens (tertiary/aromatic N) is 1. The molecular weight excluding hydrogens is 434 g/mol. The summed E-state index contributed by atoms with van der Waals surface area (Å²) in [6.07, 6.45) is 0.00733. The summed E-state index contributed by atoms with van der Waals surface area (Å²) in [4.78, 5) is -0.123. The Labute approximate surface area is 174 Å². The van der Waals surface area contributed by atoms with Gasteiger partial charge in [0.2, 0.25) is 10.0 Å². The third kappa shape index (κ3) is 4.68. The summed E-state index contributed by atoms with van der Waals surface area (Å²) in [5.74, 6) is 0. The number of hydrogen-bond acceptors (Lipinski definition) is 5. The molecule has 10 heteroatoms. The van der Waals surface area contributed by atoms with Crippen molar-refractivity contribution in [1.29, 1.82) is 5.26 Å². The molecule has 3 aromatic carbocycles. The van der Waals surface area contributed by atoms with Crippen molar-refractivity contribution in [1.82, 2.24) is 4.72 Å². The average molecular weight is 450 g/mol. The van der Waals surface area contributed by atoms with Gasteiger partial charge in [-0.15, -0.1) is 0 Å². The average Bonchev–Trinajstić information content (AvgIpc) is 2.69. The van der Waals surface area contributed by atoms with E-state index in [-0.39, 0.29) is 33.5 Å². The summed E-state index contributed by atoms with van der Waals surface area (Å²) in [5, 5.41) is 9.87. The van der Waals surface area contributed by atoms with Crippen molar-refractivity contribution in [2.45, 2.75) is 16.2 Å². The van der Waals surface area contributed by atoms with Crippen molar-refractivity contribution in [3.05, 3.63) is 65.7 Å². The van der Waals surface area contributed by atoms with Crippen LogP contribution in [-0.4, -0.2) is 23.4 Å². The van der Waals surface area contributed by atoms with Gasteiger partial charge in [0.1, 0.15) is 0 Å². The standard InChI is InChI=1S/C19H16ClN3O4S2/c20-17-10-9-15(28(24,25)22-12-4-11-21)13-18(17)23-29(26,27)19-8-3-6-14-5-1-2-7-16(14)19/h1-3,5-10,13,22-23H,4,12H2. The number of rotatable bonds is 7. The van der Waals surface area contributed by atoms with Gasteiger partial charge in [0, 0.05) is 18.4 Å². The van der Waals surface area contributed by atoms with Crippen molar-refractivity contribution in [2.24, 2.45) is 0 Å². The Bertz CT molecular complexity index is 1310. The van der Waals surface area contributed by atoms with Crippen molar-refractivity contribution < 1.29 is 16.8 Å². The molecule has 0 aromatic heterocycles. The van der Waals surface area contributed by atoms with Crippen LogP contribution in [0.3, 0.4) is 0 Å². The Hall–Kier alpha value is -2.64. The number of sulfonamides is 2. The minimum absolute atomic E-state index is 0.00733. The summed E-state index contributed by atoms with van der Waals surface area (Å²) in [5.41, 5.74) is -0.0669. The molecule has 2 N–H and O–H groups in total. The predicted molar refractivity (Wildman–Crippen MR) is 112 cm³/mol. The van der Waals surface area contributed by atoms with Crippen LogP contribution in [0.2, 0.25) is 5.02 Å². The van der Waals surface area contributed by atoms with Crippen LogP contribution in [0.5, 0.6) is 0 Å². The summed E-state index contributed by atoms with van der Waals surface area (Å²) in [7, 11) is -7.96. The van der Waals surface area contributed by atoms with Crippen LogP contribution in [0, 0.1) is 11.3 Å². The van der Waals surface area contributed by atoms with Gasteiger partial charge in [0.25, 0.3) is 10.0 Å². The number of nitriles is 1. The van der Waals surface area contributed by atoms with Gasteiger partial charge in [-0.3, -0.25) is 4.72 Å². The lowest BCUT2D eigenvalue weighted by Gasteiger charge is -2.13. The first-order valence-electron chi connectivity index (χ1n) is 8.41. The smallest absolute Gasteiger partial charge is 0.262 e. The van der Waals surface area contributed by atoms with Crippen molar-refractivity contribution in [2.75, 3.05) is 11.3 Å². The van der Waals surface area contributed by atoms with Crippen molar-refractivity contribution >= 4 is 48.1 Å². The van der Waals surface area contributed by atoms with Gasteiger partial charge < -0.3 is 0 Å². The lowest BCUT2D eigenvalue weighted by molar-refractivity contribution is 0.582. The first-order chi connectivity index (χ1) is 13.7. The molecule has 0 amide bonds. The third-order valence-electron chi connectivity index (χ3n) is 4.06. The zero-order valence-corrected chi connectivity index (χ0v) is 17.4. The zero-order chi connectivity index (χ0) is 21.1. The van der Waals surface area contributed by atoms with E-state index in [0.717, 1.165) is 11.5 Å². The van der Waals surface area contributed by atoms with Crippen LogP contribution in [0.1, 0.15) is 6.42 Å². The molecule has 0 aliphatic rings. The maximum absolute atomic E-state index is 13.0. The molecule has 0 fully saturated rings. The molecular formula is C19H16ClN3O4S2. The number of fused-ring (bicyclic) bond motifs is 1. The third-order valence-corrected chi connectivity index (χ3v) is 7.27. The van der Waals surface area contributed by atoms with E-state index < -0.39 is 20.0 Å². The second kappa shape index (κ2) is 8.39. The minimum Gasteiger partial charge on any atom is -0.278 e. The number of anilines is 1. The SMILES string of the molecule is N#CCCNS(=O)(=O)c1ccc(Cl)c(NS(=O)(=O)c2cccc3ccccc23)c1. The van der Waals surface area contributed by atoms with Gasteiger partial charge in [-0.05, 0) is 29.7 Å². The Morgan fingerprint density at radius 1 is 0.931 bits per heavy atom. The summed E-state index contributed by atoms with van der Waals surface area (Å²) >= 11 is 6.10. The summed E-state index contributed by atoms with van der Waals surface area (Å²) < 4.78 is 55.3. The maximum Gasteiger partial charge on any atom is 0.262 e. The van der Waals surface area contributed by atoms with Crippen LogP contribution in [0.15, 0.2) is 70.5 Å². The molecule has 0 aliphatic carbocycles. The quantitative estimate of drug-likeness (QED) is 0.535. The molecule has 150 valence electrons. The van der Waals surface area contributed by atoms with E-state index >= 15 is 0 Å². The molecule has 3 aromatic rings. The molecule has 0 spiro atoms. The van der Waals surface area contributed by atoms with Crippen molar-refractivity contribution in [3.8, 4) is 6.07 Å². The number of hydrogen-bond donors (Lipinski definition) is 2. The first-order valence-corrected chi connectivity index (χ1v) is 11.8. The highest BCUT2D eigenvalue weighted by Crippen LogP contribution is 2.30. The highest BCUT2D eigenvalue weighted by atomic mass is 35.5. The second-order valence-electron chi connectivity index (χ2n) is 6.03. The molecule has 0 bridgehead atoms. The van der Waals surface area contributed by atoms with Crippen molar-refractivity contribution in [3.63, 3.8) is 0 Å². The molecule has 0 aliphatic heterocycles. The highest BCUT2D eigenvalue weighted by Gasteiger charge is 2.21. The molecule has 0 radical (unpaired) electrons. The molecule has 29 heavy (non-hydrogen) atoms. The summed E-state index contributed by atoms with van der Waals surface area (Å²) in [6, 6.07) is 17.4. The Kier molecular flexibility index (Phi) is 6.10. The minimum atomic E-state index is -4.04. The molecule has 7 nitrogen and oxygen atoms in total. The van der Waals surface area contributed by atoms with E-state index in [1.165, 1.54) is 18.2 Å².